The van der Waals surface area contributed by atoms with Crippen molar-refractivity contribution in [2.75, 3.05) is 19.0 Å². The Balaban J connectivity index is 2.00. The number of hydrogen-bond donors (Lipinski definition) is 1. The van der Waals surface area contributed by atoms with Crippen LogP contribution in [0, 0.1) is 5.82 Å². The molecule has 0 spiro atoms. The molecule has 3 nitrogen and oxygen atoms in total. The van der Waals surface area contributed by atoms with Crippen molar-refractivity contribution in [1.29, 1.82) is 0 Å². The van der Waals surface area contributed by atoms with Gasteiger partial charge in [0.1, 0.15) is 11.9 Å². The molecule has 3 unspecified atom stereocenters. The Morgan fingerprint density at radius 2 is 2.28 bits per heavy atom. The highest BCUT2D eigenvalue weighted by Gasteiger charge is 2.42. The molecule has 0 amide bonds. The summed E-state index contributed by atoms with van der Waals surface area (Å²) in [5.41, 5.74) is 0.747. The lowest BCUT2D eigenvalue weighted by molar-refractivity contribution is -0.118. The molecule has 1 aromatic carbocycles. The minimum Gasteiger partial charge on any atom is -0.378 e. The zero-order chi connectivity index (χ0) is 13.1. The molecule has 0 heterocycles. The van der Waals surface area contributed by atoms with Crippen LogP contribution in [0.1, 0.15) is 13.3 Å². The van der Waals surface area contributed by atoms with Crippen LogP contribution in [0.25, 0.3) is 0 Å². The first-order chi connectivity index (χ1) is 8.65. The Morgan fingerprint density at radius 3 is 2.94 bits per heavy atom. The number of rotatable bonds is 5. The van der Waals surface area contributed by atoms with E-state index >= 15 is 0 Å². The molecule has 3 atom stereocenters. The van der Waals surface area contributed by atoms with E-state index in [1.807, 2.05) is 6.92 Å². The second-order valence-corrected chi connectivity index (χ2v) is 5.16. The average molecular weight is 318 g/mol. The monoisotopic (exact) mass is 317 g/mol. The molecule has 1 N–H and O–H groups in total. The van der Waals surface area contributed by atoms with Gasteiger partial charge in [0.25, 0.3) is 0 Å². The quantitative estimate of drug-likeness (QED) is 0.904. The van der Waals surface area contributed by atoms with Crippen molar-refractivity contribution < 1.29 is 13.9 Å². The lowest BCUT2D eigenvalue weighted by Crippen LogP contribution is -2.56. The van der Waals surface area contributed by atoms with E-state index in [2.05, 4.69) is 21.2 Å². The van der Waals surface area contributed by atoms with E-state index in [0.717, 1.165) is 16.6 Å². The first kappa shape index (κ1) is 13.8. The van der Waals surface area contributed by atoms with E-state index in [0.29, 0.717) is 6.61 Å². The minimum absolute atomic E-state index is 0.0140. The minimum atomic E-state index is -0.254. The maximum atomic E-state index is 13.2. The third-order valence-electron chi connectivity index (χ3n) is 3.17. The van der Waals surface area contributed by atoms with E-state index in [4.69, 9.17) is 9.47 Å². The van der Waals surface area contributed by atoms with Crippen molar-refractivity contribution in [1.82, 2.24) is 0 Å². The fourth-order valence-corrected chi connectivity index (χ4v) is 2.58. The molecular formula is C13H17BrFNO2. The largest absolute Gasteiger partial charge is 0.378 e. The highest BCUT2D eigenvalue weighted by Crippen LogP contribution is 2.32. The number of methoxy groups -OCH3 is 1. The van der Waals surface area contributed by atoms with E-state index in [9.17, 15) is 4.39 Å². The summed E-state index contributed by atoms with van der Waals surface area (Å²) in [6.45, 7) is 2.65. The topological polar surface area (TPSA) is 30.5 Å². The van der Waals surface area contributed by atoms with Crippen LogP contribution in [0.4, 0.5) is 10.1 Å². The summed E-state index contributed by atoms with van der Waals surface area (Å²) in [6, 6.07) is 4.75. The van der Waals surface area contributed by atoms with E-state index in [1.54, 1.807) is 13.2 Å². The van der Waals surface area contributed by atoms with Gasteiger partial charge in [0.15, 0.2) is 0 Å². The summed E-state index contributed by atoms with van der Waals surface area (Å²) in [7, 11) is 1.67. The van der Waals surface area contributed by atoms with Gasteiger partial charge < -0.3 is 14.8 Å². The second-order valence-electron chi connectivity index (χ2n) is 4.30. The Hall–Kier alpha value is -0.650. The van der Waals surface area contributed by atoms with Crippen LogP contribution in [0.5, 0.6) is 0 Å². The second kappa shape index (κ2) is 5.99. The van der Waals surface area contributed by atoms with Gasteiger partial charge in [0.2, 0.25) is 0 Å². The summed E-state index contributed by atoms with van der Waals surface area (Å²) in [4.78, 5) is 0. The number of nitrogens with one attached hydrogen (secondary N) is 1. The van der Waals surface area contributed by atoms with Gasteiger partial charge in [0.05, 0.1) is 17.8 Å². The van der Waals surface area contributed by atoms with Gasteiger partial charge in [-0.05, 0) is 47.5 Å². The zero-order valence-electron chi connectivity index (χ0n) is 10.5. The van der Waals surface area contributed by atoms with Crippen molar-refractivity contribution in [3.05, 3.63) is 28.5 Å². The standard InChI is InChI=1S/C13H17BrFNO2/c1-3-18-12-7-11(13(12)17-2)16-10-6-8(15)4-5-9(10)14/h4-6,11-13,16H,3,7H2,1-2H3. The van der Waals surface area contributed by atoms with E-state index in [-0.39, 0.29) is 24.1 Å². The van der Waals surface area contributed by atoms with Crippen molar-refractivity contribution in [3.63, 3.8) is 0 Å². The Bertz CT molecular complexity index is 416. The molecule has 0 aliphatic heterocycles. The van der Waals surface area contributed by atoms with Crippen LogP contribution in [-0.4, -0.2) is 32.0 Å². The van der Waals surface area contributed by atoms with Gasteiger partial charge in [-0.15, -0.1) is 0 Å². The molecule has 1 aromatic rings. The van der Waals surface area contributed by atoms with Crippen LogP contribution in [0.2, 0.25) is 0 Å². The van der Waals surface area contributed by atoms with Crippen molar-refractivity contribution >= 4 is 21.6 Å². The molecule has 1 fully saturated rings. The summed E-state index contributed by atoms with van der Waals surface area (Å²) in [6.07, 6.45) is 1.01. The van der Waals surface area contributed by atoms with E-state index < -0.39 is 0 Å². The van der Waals surface area contributed by atoms with Crippen LogP contribution < -0.4 is 5.32 Å². The first-order valence-electron chi connectivity index (χ1n) is 6.01. The predicted octanol–water partition coefficient (Wildman–Crippen LogP) is 3.19. The Kier molecular flexibility index (Phi) is 4.59. The molecular weight excluding hydrogens is 301 g/mol. The fourth-order valence-electron chi connectivity index (χ4n) is 2.22. The van der Waals surface area contributed by atoms with Crippen molar-refractivity contribution in [2.45, 2.75) is 31.6 Å². The molecule has 0 radical (unpaired) electrons. The SMILES string of the molecule is CCOC1CC(Nc2cc(F)ccc2Br)C1OC. The highest BCUT2D eigenvalue weighted by atomic mass is 79.9. The van der Waals surface area contributed by atoms with E-state index in [1.165, 1.54) is 12.1 Å². The molecule has 2 rings (SSSR count). The zero-order valence-corrected chi connectivity index (χ0v) is 12.0. The van der Waals surface area contributed by atoms with Crippen molar-refractivity contribution in [2.24, 2.45) is 0 Å². The maximum Gasteiger partial charge on any atom is 0.125 e. The molecule has 18 heavy (non-hydrogen) atoms. The molecule has 0 saturated heterocycles. The third kappa shape index (κ3) is 2.84. The average Bonchev–Trinajstić information content (AvgIpc) is 2.32. The van der Waals surface area contributed by atoms with Crippen LogP contribution in [0.3, 0.4) is 0 Å². The molecule has 1 aliphatic rings. The van der Waals surface area contributed by atoms with Crippen LogP contribution >= 0.6 is 15.9 Å². The highest BCUT2D eigenvalue weighted by molar-refractivity contribution is 9.10. The molecule has 1 aliphatic carbocycles. The summed E-state index contributed by atoms with van der Waals surface area (Å²) < 4.78 is 25.0. The first-order valence-corrected chi connectivity index (χ1v) is 6.81. The number of benzene rings is 1. The third-order valence-corrected chi connectivity index (χ3v) is 3.86. The smallest absolute Gasteiger partial charge is 0.125 e. The normalized spacial score (nSPS) is 26.8. The van der Waals surface area contributed by atoms with Crippen molar-refractivity contribution in [3.8, 4) is 0 Å². The van der Waals surface area contributed by atoms with Gasteiger partial charge >= 0.3 is 0 Å². The van der Waals surface area contributed by atoms with Crippen LogP contribution in [0.15, 0.2) is 22.7 Å². The lowest BCUT2D eigenvalue weighted by Gasteiger charge is -2.43. The summed E-state index contributed by atoms with van der Waals surface area (Å²) in [5, 5.41) is 3.28. The molecule has 5 heteroatoms. The number of ether oxygens (including phenoxy) is 2. The van der Waals surface area contributed by atoms with Gasteiger partial charge in [-0.1, -0.05) is 0 Å². The molecule has 0 bridgehead atoms. The number of anilines is 1. The Morgan fingerprint density at radius 1 is 1.50 bits per heavy atom. The molecule has 1 saturated carbocycles. The lowest BCUT2D eigenvalue weighted by atomic mass is 9.85. The maximum absolute atomic E-state index is 13.2. The predicted molar refractivity (Wildman–Crippen MR) is 72.3 cm³/mol. The Labute approximate surface area is 115 Å². The number of halogens is 2. The van der Waals surface area contributed by atoms with Gasteiger partial charge in [0, 0.05) is 18.2 Å². The van der Waals surface area contributed by atoms with Crippen LogP contribution in [-0.2, 0) is 9.47 Å². The summed E-state index contributed by atoms with van der Waals surface area (Å²) in [5.74, 6) is -0.254. The summed E-state index contributed by atoms with van der Waals surface area (Å²) >= 11 is 3.40. The van der Waals surface area contributed by atoms with Gasteiger partial charge in [-0.2, -0.15) is 0 Å². The molecule has 0 aromatic heterocycles. The van der Waals surface area contributed by atoms with Gasteiger partial charge in [-0.3, -0.25) is 0 Å². The van der Waals surface area contributed by atoms with Gasteiger partial charge in [-0.25, -0.2) is 4.39 Å². The fraction of sp³-hybridized carbons (Fsp3) is 0.538. The number of hydrogen-bond acceptors (Lipinski definition) is 3. The molecule has 100 valence electrons.